The van der Waals surface area contributed by atoms with Gasteiger partial charge in [-0.15, -0.1) is 0 Å². The second-order valence-corrected chi connectivity index (χ2v) is 26.4. The van der Waals surface area contributed by atoms with Gasteiger partial charge in [-0.3, -0.25) is 0 Å². The maximum absolute atomic E-state index is 14.3. The van der Waals surface area contributed by atoms with Gasteiger partial charge in [-0.05, 0) is 58.4 Å². The van der Waals surface area contributed by atoms with Gasteiger partial charge in [0.1, 0.15) is 0 Å². The summed E-state index contributed by atoms with van der Waals surface area (Å²) in [6.45, 7) is 10.2. The number of hydrogen-bond acceptors (Lipinski definition) is 4. The van der Waals surface area contributed by atoms with E-state index in [4.69, 9.17) is 12.3 Å². The second kappa shape index (κ2) is 11.6. The molecule has 0 aromatic carbocycles. The second-order valence-electron chi connectivity index (χ2n) is 11.5. The summed E-state index contributed by atoms with van der Waals surface area (Å²) in [5.74, 6) is -56.5. The van der Waals surface area contributed by atoms with Crippen LogP contribution in [0.15, 0.2) is 0 Å². The molecule has 0 fully saturated rings. The van der Waals surface area contributed by atoms with Gasteiger partial charge in [0, 0.05) is 6.42 Å². The standard InChI is InChI=1S/C18H29F17O4Si4/c1-40(2,37-42(5,6)39-43(7,8)38-41(3,4)36)10-9-11(19,20)12(21,22)13(23,24)14(25,26)15(27,28)16(29,30)17(31,32)18(33,34)35/h36H,9-10H2,1-8H3. The molecule has 1 N–H and O–H groups in total. The van der Waals surface area contributed by atoms with Crippen molar-refractivity contribution in [2.75, 3.05) is 0 Å². The molecule has 0 aliphatic heterocycles. The predicted molar refractivity (Wildman–Crippen MR) is 126 cm³/mol. The molecule has 0 bridgehead atoms. The first-order valence-electron chi connectivity index (χ1n) is 11.6. The third-order valence-corrected chi connectivity index (χ3v) is 18.9. The van der Waals surface area contributed by atoms with Crippen molar-refractivity contribution >= 4 is 34.0 Å². The lowest BCUT2D eigenvalue weighted by atomic mass is 9.88. The van der Waals surface area contributed by atoms with E-state index in [0.29, 0.717) is 0 Å². The normalized spacial score (nSPS) is 16.6. The predicted octanol–water partition coefficient (Wildman–Crippen LogP) is 8.74. The van der Waals surface area contributed by atoms with Crippen molar-refractivity contribution in [3.8, 4) is 0 Å². The Morgan fingerprint density at radius 1 is 0.442 bits per heavy atom. The summed E-state index contributed by atoms with van der Waals surface area (Å²) in [6.07, 6.45) is -10.3. The Bertz CT molecular complexity index is 979. The summed E-state index contributed by atoms with van der Waals surface area (Å²) in [5.41, 5.74) is 0. The van der Waals surface area contributed by atoms with Crippen LogP contribution in [0.5, 0.6) is 0 Å². The zero-order valence-corrected chi connectivity index (χ0v) is 27.5. The molecule has 4 nitrogen and oxygen atoms in total. The zero-order chi connectivity index (χ0) is 35.5. The molecule has 0 amide bonds. The van der Waals surface area contributed by atoms with Crippen molar-refractivity contribution in [1.82, 2.24) is 0 Å². The van der Waals surface area contributed by atoms with E-state index >= 15 is 0 Å². The third-order valence-electron chi connectivity index (χ3n) is 5.34. The SMILES string of the molecule is C[Si](C)(O)O[Si](C)(C)O[Si](C)(C)O[Si](C)(C)CCC(F)(F)C(F)(F)C(F)(F)C(F)(F)C(F)(F)C(F)(F)C(F)(F)C(F)(F)F. The minimum absolute atomic E-state index is 1.03. The van der Waals surface area contributed by atoms with Crippen molar-refractivity contribution in [3.63, 3.8) is 0 Å². The van der Waals surface area contributed by atoms with Crippen LogP contribution in [-0.2, 0) is 12.3 Å². The van der Waals surface area contributed by atoms with Gasteiger partial charge in [-0.2, -0.15) is 74.6 Å². The summed E-state index contributed by atoms with van der Waals surface area (Å²) in [7, 11) is -13.7. The molecule has 0 atom stereocenters. The summed E-state index contributed by atoms with van der Waals surface area (Å²) < 4.78 is 246. The molecule has 0 saturated heterocycles. The quantitative estimate of drug-likeness (QED) is 0.135. The largest absolute Gasteiger partial charge is 0.460 e. The molecule has 0 heterocycles. The first kappa shape index (κ1) is 42.5. The van der Waals surface area contributed by atoms with E-state index in [9.17, 15) is 79.4 Å². The molecule has 0 rings (SSSR count). The molecule has 0 spiro atoms. The number of halogens is 17. The Kier molecular flexibility index (Phi) is 11.5. The first-order valence-corrected chi connectivity index (χ1v) is 23.2. The molecule has 0 aromatic heterocycles. The smallest absolute Gasteiger partial charge is 0.436 e. The zero-order valence-electron chi connectivity index (χ0n) is 23.5. The van der Waals surface area contributed by atoms with Crippen LogP contribution in [0.3, 0.4) is 0 Å². The van der Waals surface area contributed by atoms with Crippen molar-refractivity contribution in [1.29, 1.82) is 0 Å². The van der Waals surface area contributed by atoms with Crippen LogP contribution in [0, 0.1) is 0 Å². The van der Waals surface area contributed by atoms with Crippen molar-refractivity contribution < 1.29 is 91.8 Å². The highest BCUT2D eigenvalue weighted by molar-refractivity contribution is 6.88. The Balaban J connectivity index is 6.27. The molecular weight excluding hydrogens is 716 g/mol. The van der Waals surface area contributed by atoms with E-state index in [1.54, 1.807) is 0 Å². The number of hydrogen-bond donors (Lipinski definition) is 1. The fraction of sp³-hybridized carbons (Fsp3) is 1.00. The molecule has 0 aliphatic rings. The summed E-state index contributed by atoms with van der Waals surface area (Å²) in [5, 5.41) is 0. The van der Waals surface area contributed by atoms with Gasteiger partial charge in [0.25, 0.3) is 0 Å². The monoisotopic (exact) mass is 744 g/mol. The van der Waals surface area contributed by atoms with Gasteiger partial charge in [0.05, 0.1) is 0 Å². The van der Waals surface area contributed by atoms with Crippen LogP contribution in [0.25, 0.3) is 0 Å². The van der Waals surface area contributed by atoms with E-state index < -0.39 is 94.1 Å². The molecule has 0 saturated carbocycles. The van der Waals surface area contributed by atoms with Crippen LogP contribution in [0.1, 0.15) is 6.42 Å². The van der Waals surface area contributed by atoms with E-state index in [0.717, 1.165) is 13.1 Å². The molecule has 260 valence electrons. The topological polar surface area (TPSA) is 47.9 Å². The van der Waals surface area contributed by atoms with Gasteiger partial charge in [0.15, 0.2) is 8.32 Å². The molecule has 25 heteroatoms. The Morgan fingerprint density at radius 3 is 1.07 bits per heavy atom. The van der Waals surface area contributed by atoms with Gasteiger partial charge in [0.2, 0.25) is 0 Å². The van der Waals surface area contributed by atoms with Crippen LogP contribution in [0.2, 0.25) is 58.4 Å². The lowest BCUT2D eigenvalue weighted by Gasteiger charge is -2.43. The third kappa shape index (κ3) is 8.46. The molecule has 0 aliphatic carbocycles. The van der Waals surface area contributed by atoms with Crippen LogP contribution >= 0.6 is 0 Å². The van der Waals surface area contributed by atoms with Crippen LogP contribution < -0.4 is 0 Å². The molecule has 43 heavy (non-hydrogen) atoms. The van der Waals surface area contributed by atoms with E-state index in [1.165, 1.54) is 39.3 Å². The maximum atomic E-state index is 14.3. The minimum Gasteiger partial charge on any atom is -0.436 e. The lowest BCUT2D eigenvalue weighted by molar-refractivity contribution is -0.461. The van der Waals surface area contributed by atoms with E-state index in [1.807, 2.05) is 0 Å². The fourth-order valence-electron chi connectivity index (χ4n) is 3.76. The van der Waals surface area contributed by atoms with Gasteiger partial charge >= 0.3 is 73.3 Å². The van der Waals surface area contributed by atoms with Gasteiger partial charge in [-0.25, -0.2) is 0 Å². The minimum atomic E-state index is -8.66. The molecular formula is C18H29F17O4Si4. The average molecular weight is 745 g/mol. The molecule has 0 aromatic rings. The van der Waals surface area contributed by atoms with E-state index in [2.05, 4.69) is 0 Å². The van der Waals surface area contributed by atoms with Crippen molar-refractivity contribution in [3.05, 3.63) is 0 Å². The Labute approximate surface area is 238 Å². The molecule has 0 unspecified atom stereocenters. The van der Waals surface area contributed by atoms with Crippen molar-refractivity contribution in [2.24, 2.45) is 0 Å². The lowest BCUT2D eigenvalue weighted by Crippen LogP contribution is -2.74. The van der Waals surface area contributed by atoms with Crippen molar-refractivity contribution in [2.45, 2.75) is 112 Å². The summed E-state index contributed by atoms with van der Waals surface area (Å²) in [6, 6.07) is -1.33. The first-order chi connectivity index (χ1) is 18.1. The highest BCUT2D eigenvalue weighted by Gasteiger charge is 2.95. The fourth-order valence-corrected chi connectivity index (χ4v) is 21.0. The highest BCUT2D eigenvalue weighted by Crippen LogP contribution is 2.64. The summed E-state index contributed by atoms with van der Waals surface area (Å²) in [4.78, 5) is 9.94. The van der Waals surface area contributed by atoms with Crippen LogP contribution in [-0.4, -0.2) is 86.4 Å². The maximum Gasteiger partial charge on any atom is 0.460 e. The van der Waals surface area contributed by atoms with Crippen LogP contribution in [0.4, 0.5) is 74.6 Å². The highest BCUT2D eigenvalue weighted by atomic mass is 28.5. The summed E-state index contributed by atoms with van der Waals surface area (Å²) >= 11 is 0. The molecule has 0 radical (unpaired) electrons. The van der Waals surface area contributed by atoms with Gasteiger partial charge in [-0.1, -0.05) is 0 Å². The number of rotatable bonds is 15. The van der Waals surface area contributed by atoms with E-state index in [-0.39, 0.29) is 0 Å². The number of alkyl halides is 17. The van der Waals surface area contributed by atoms with Gasteiger partial charge < -0.3 is 17.1 Å². The Hall–Kier alpha value is -0.482. The average Bonchev–Trinajstić information content (AvgIpc) is 2.66. The Morgan fingerprint density at radius 2 is 0.744 bits per heavy atom.